The highest BCUT2D eigenvalue weighted by Crippen LogP contribution is 2.42. The lowest BCUT2D eigenvalue weighted by atomic mass is 9.80. The topological polar surface area (TPSA) is 375 Å². The smallest absolute Gasteiger partial charge is 0.341 e. The van der Waals surface area contributed by atoms with Gasteiger partial charge in [0.15, 0.2) is 18.9 Å². The molecule has 0 radical (unpaired) electrons. The van der Waals surface area contributed by atoms with Crippen molar-refractivity contribution in [1.29, 1.82) is 0 Å². The van der Waals surface area contributed by atoms with Crippen molar-refractivity contribution in [2.75, 3.05) is 39.5 Å². The molecule has 27 nitrogen and oxygen atoms in total. The van der Waals surface area contributed by atoms with Crippen molar-refractivity contribution in [1.82, 2.24) is 30.5 Å². The number of nitrogens with zero attached hydrogens (tertiary/aromatic N) is 4. The Morgan fingerprint density at radius 3 is 2.17 bits per heavy atom. The molecule has 4 aliphatic heterocycles. The Balaban J connectivity index is 0.921. The van der Waals surface area contributed by atoms with Crippen LogP contribution in [0.1, 0.15) is 83.2 Å². The van der Waals surface area contributed by atoms with Crippen LogP contribution in [-0.2, 0) is 58.9 Å². The molecule has 6 heterocycles. The van der Waals surface area contributed by atoms with Gasteiger partial charge in [0.05, 0.1) is 56.4 Å². The second-order valence-corrected chi connectivity index (χ2v) is 23.3. The van der Waals surface area contributed by atoms with Crippen molar-refractivity contribution in [3.05, 3.63) is 82.8 Å². The molecule has 2 aliphatic carbocycles. The van der Waals surface area contributed by atoms with Gasteiger partial charge in [-0.25, -0.2) is 9.48 Å². The Hall–Kier alpha value is -5.44. The van der Waals surface area contributed by atoms with E-state index in [1.807, 2.05) is 30.3 Å². The molecule has 2 aromatic heterocycles. The zero-order valence-electron chi connectivity index (χ0n) is 48.0. The van der Waals surface area contributed by atoms with Crippen molar-refractivity contribution in [2.45, 2.75) is 195 Å². The molecule has 6 aliphatic rings. The minimum absolute atomic E-state index is 0.0563. The molecule has 2 aromatic carbocycles. The third-order valence-electron chi connectivity index (χ3n) is 17.4. The molecule has 4 saturated heterocycles. The predicted octanol–water partition coefficient (Wildman–Crippen LogP) is -0.703. The predicted molar refractivity (Wildman–Crippen MR) is 298 cm³/mol. The summed E-state index contributed by atoms with van der Waals surface area (Å²) in [4.78, 5) is 56.8. The zero-order chi connectivity index (χ0) is 60.8. The average molecular weight is 1210 g/mol. The molecule has 472 valence electrons. The fraction of sp³-hybridized carbons (Fsp3) is 0.661. The van der Waals surface area contributed by atoms with E-state index >= 15 is 0 Å². The zero-order valence-corrected chi connectivity index (χ0v) is 48.0. The van der Waals surface area contributed by atoms with Crippen LogP contribution in [0, 0.1) is 11.8 Å². The molecule has 4 aromatic rings. The van der Waals surface area contributed by atoms with Gasteiger partial charge < -0.3 is 98.7 Å². The van der Waals surface area contributed by atoms with Crippen LogP contribution < -0.4 is 16.3 Å². The quantitative estimate of drug-likeness (QED) is 0.0343. The first-order valence-corrected chi connectivity index (χ1v) is 29.8. The van der Waals surface area contributed by atoms with E-state index in [4.69, 9.17) is 42.3 Å². The lowest BCUT2D eigenvalue weighted by molar-refractivity contribution is -0.337. The number of benzene rings is 2. The van der Waals surface area contributed by atoms with E-state index in [-0.39, 0.29) is 50.0 Å². The standard InChI is InChI=1S/C59H80N6O21/c1-30-45(69)48(72)49(73)59(80-30)86-51-38(65-26-37(62-63-65)33-14-7-4-8-15-33)24-35(54(75)60-18-21-78-58-50(74)53(47(71)43(28-67)85-58)79-29-36-23-34-16-9-10-17-39(34)82-56(36)77)25-40(51)83-57-44(61-31(2)68)52(46(70)42(27-66)84-57)81-41(55(76)64-19-11-20-64)22-32-12-5-3-6-13-32/h4,7-10,14-17,23,26,30,32,35,38,40-53,57-59,66-67,69-74H,3,5-6,11-13,18-22,24-25,27-29H2,1-2H3,(H,60,75)(H,61,68)/t30?,35?,38?,40-,41+,42?,43?,44?,45-,46+,47-,48?,49?,50?,51?,52?,53?,57-,58+,59+/m1/s1. The molecule has 0 bridgehead atoms. The van der Waals surface area contributed by atoms with Crippen molar-refractivity contribution in [3.8, 4) is 11.3 Å². The molecule has 10 N–H and O–H groups in total. The van der Waals surface area contributed by atoms with E-state index in [1.165, 1.54) is 18.5 Å². The van der Waals surface area contributed by atoms with Crippen LogP contribution in [0.2, 0.25) is 0 Å². The van der Waals surface area contributed by atoms with Crippen LogP contribution in [0.5, 0.6) is 0 Å². The molecule has 20 atom stereocenters. The summed E-state index contributed by atoms with van der Waals surface area (Å²) in [7, 11) is 0. The first-order chi connectivity index (χ1) is 41.5. The number of ether oxygens (including phenoxy) is 8. The third kappa shape index (κ3) is 14.5. The van der Waals surface area contributed by atoms with Crippen LogP contribution in [0.25, 0.3) is 22.2 Å². The number of aliphatic hydroxyl groups is 8. The molecule has 2 saturated carbocycles. The van der Waals surface area contributed by atoms with Crippen LogP contribution in [0.4, 0.5) is 0 Å². The van der Waals surface area contributed by atoms with E-state index in [1.54, 1.807) is 41.4 Å². The van der Waals surface area contributed by atoms with Crippen LogP contribution in [-0.4, -0.2) is 228 Å². The van der Waals surface area contributed by atoms with Crippen LogP contribution in [0.15, 0.2) is 76.1 Å². The number of para-hydroxylation sites is 1. The first kappa shape index (κ1) is 63.6. The van der Waals surface area contributed by atoms with Crippen LogP contribution >= 0.6 is 0 Å². The van der Waals surface area contributed by atoms with Crippen molar-refractivity contribution in [2.24, 2.45) is 11.8 Å². The third-order valence-corrected chi connectivity index (χ3v) is 17.4. The lowest BCUT2D eigenvalue weighted by Crippen LogP contribution is -2.67. The van der Waals surface area contributed by atoms with Gasteiger partial charge in [-0.05, 0) is 50.7 Å². The number of aromatic nitrogens is 3. The Labute approximate surface area is 495 Å². The highest BCUT2D eigenvalue weighted by Gasteiger charge is 2.54. The van der Waals surface area contributed by atoms with E-state index in [0.29, 0.717) is 41.7 Å². The number of carbonyl (C=O) groups is 3. The van der Waals surface area contributed by atoms with Gasteiger partial charge in [0.25, 0.3) is 5.91 Å². The molecule has 86 heavy (non-hydrogen) atoms. The highest BCUT2D eigenvalue weighted by molar-refractivity contribution is 5.82. The maximum absolute atomic E-state index is 14.7. The molecular formula is C59H80N6O21. The Morgan fingerprint density at radius 1 is 0.756 bits per heavy atom. The summed E-state index contributed by atoms with van der Waals surface area (Å²) in [5, 5.41) is 104. The van der Waals surface area contributed by atoms with Crippen molar-refractivity contribution >= 4 is 28.7 Å². The summed E-state index contributed by atoms with van der Waals surface area (Å²) in [6, 6.07) is 15.1. The number of fused-ring (bicyclic) bond motifs is 1. The SMILES string of the molecule is CC(=O)NC1C(O[C@@H](CC2CCCCC2)C(=O)N2CCC2)[C@@H](O)C(CO)O[C@H]1O[C@@H]1CC(C(=O)NCCO[C@H]2OC(CO)[C@@H](O)C(OCc3cc4ccccc4oc3=O)C2O)CC(n2cc(-c3ccccc3)nn2)C1O[C@@H]1OC(C)[C@@H](O)C(O)C1O. The van der Waals surface area contributed by atoms with E-state index < -0.39 is 153 Å². The fourth-order valence-electron chi connectivity index (χ4n) is 12.5. The number of amides is 3. The Kier molecular flexibility index (Phi) is 21.3. The number of aliphatic hydroxyl groups excluding tert-OH is 8. The largest absolute Gasteiger partial charge is 0.422 e. The fourth-order valence-corrected chi connectivity index (χ4v) is 12.5. The monoisotopic (exact) mass is 1210 g/mol. The van der Waals surface area contributed by atoms with Crippen molar-refractivity contribution in [3.63, 3.8) is 0 Å². The van der Waals surface area contributed by atoms with E-state index in [9.17, 15) is 60.0 Å². The lowest BCUT2D eigenvalue weighted by Gasteiger charge is -2.49. The molecule has 12 unspecified atom stereocenters. The maximum atomic E-state index is 14.7. The highest BCUT2D eigenvalue weighted by atomic mass is 16.7. The second kappa shape index (κ2) is 28.8. The van der Waals surface area contributed by atoms with Gasteiger partial charge in [-0.2, -0.15) is 0 Å². The van der Waals surface area contributed by atoms with Gasteiger partial charge in [-0.1, -0.05) is 85.8 Å². The van der Waals surface area contributed by atoms with Crippen LogP contribution in [0.3, 0.4) is 0 Å². The number of rotatable bonds is 22. The first-order valence-electron chi connectivity index (χ1n) is 29.8. The number of carbonyl (C=O) groups excluding carboxylic acids is 3. The minimum atomic E-state index is -1.82. The molecule has 27 heteroatoms. The molecule has 10 rings (SSSR count). The maximum Gasteiger partial charge on any atom is 0.341 e. The molecule has 3 amide bonds. The molecule has 0 spiro atoms. The Morgan fingerprint density at radius 2 is 1.47 bits per heavy atom. The van der Waals surface area contributed by atoms with Gasteiger partial charge in [0, 0.05) is 43.4 Å². The number of likely N-dealkylation sites (tertiary alicyclic amines) is 1. The summed E-state index contributed by atoms with van der Waals surface area (Å²) < 4.78 is 57.1. The van der Waals surface area contributed by atoms with Gasteiger partial charge in [0.2, 0.25) is 11.8 Å². The molecule has 6 fully saturated rings. The van der Waals surface area contributed by atoms with Crippen molar-refractivity contribution < 1.29 is 97.5 Å². The summed E-state index contributed by atoms with van der Waals surface area (Å²) in [6.45, 7) is 1.45. The number of nitrogens with one attached hydrogen (secondary N) is 2. The number of hydrogen-bond donors (Lipinski definition) is 10. The minimum Gasteiger partial charge on any atom is -0.422 e. The number of hydrogen-bond acceptors (Lipinski definition) is 23. The summed E-state index contributed by atoms with van der Waals surface area (Å²) >= 11 is 0. The van der Waals surface area contributed by atoms with E-state index in [0.717, 1.165) is 38.5 Å². The second-order valence-electron chi connectivity index (χ2n) is 23.3. The summed E-state index contributed by atoms with van der Waals surface area (Å²) in [5.74, 6) is -2.27. The molecular weight excluding hydrogens is 1130 g/mol. The normalized spacial score (nSPS) is 34.7. The Bertz CT molecular complexity index is 2930. The summed E-state index contributed by atoms with van der Waals surface area (Å²) in [6.07, 6.45) is -17.5. The van der Waals surface area contributed by atoms with Gasteiger partial charge >= 0.3 is 5.63 Å². The van der Waals surface area contributed by atoms with E-state index in [2.05, 4.69) is 20.9 Å². The van der Waals surface area contributed by atoms with Gasteiger partial charge in [-0.15, -0.1) is 5.10 Å². The average Bonchev–Trinajstić information content (AvgIpc) is 1.92. The van der Waals surface area contributed by atoms with Gasteiger partial charge in [0.1, 0.15) is 90.6 Å². The van der Waals surface area contributed by atoms with Gasteiger partial charge in [-0.3, -0.25) is 14.4 Å². The summed E-state index contributed by atoms with van der Waals surface area (Å²) in [5.41, 5.74) is 0.893.